The van der Waals surface area contributed by atoms with Gasteiger partial charge < -0.3 is 9.84 Å². The Morgan fingerprint density at radius 2 is 1.95 bits per heavy atom. The number of aromatic nitrogens is 1. The van der Waals surface area contributed by atoms with Gasteiger partial charge in [-0.1, -0.05) is 13.8 Å². The Balaban J connectivity index is 2.45. The lowest BCUT2D eigenvalue weighted by molar-refractivity contribution is 0.200. The molecule has 1 aromatic heterocycles. The monoisotopic (exact) mass is 259 g/mol. The van der Waals surface area contributed by atoms with E-state index in [1.165, 1.54) is 0 Å². The zero-order chi connectivity index (χ0) is 14.0. The lowest BCUT2D eigenvalue weighted by Gasteiger charge is -2.13. The van der Waals surface area contributed by atoms with E-state index in [0.717, 1.165) is 27.9 Å². The van der Waals surface area contributed by atoms with Crippen LogP contribution in [0.3, 0.4) is 0 Å². The molecule has 0 radical (unpaired) electrons. The van der Waals surface area contributed by atoms with Crippen LogP contribution in [0, 0.1) is 12.8 Å². The van der Waals surface area contributed by atoms with Crippen molar-refractivity contribution in [2.24, 2.45) is 5.92 Å². The molecular weight excluding hydrogens is 238 g/mol. The maximum absolute atomic E-state index is 9.89. The van der Waals surface area contributed by atoms with Crippen LogP contribution in [-0.2, 0) is 0 Å². The number of aliphatic hydroxyl groups excluding tert-OH is 1. The molecule has 0 aliphatic heterocycles. The molecule has 0 spiro atoms. The van der Waals surface area contributed by atoms with Gasteiger partial charge in [-0.05, 0) is 49.6 Å². The van der Waals surface area contributed by atoms with E-state index >= 15 is 0 Å². The highest BCUT2D eigenvalue weighted by molar-refractivity contribution is 5.84. The van der Waals surface area contributed by atoms with Crippen LogP contribution in [0.25, 0.3) is 10.9 Å². The normalized spacial score (nSPS) is 12.9. The van der Waals surface area contributed by atoms with Crippen molar-refractivity contribution in [3.8, 4) is 5.75 Å². The van der Waals surface area contributed by atoms with Crippen molar-refractivity contribution < 1.29 is 9.84 Å². The number of aliphatic hydroxyl groups is 1. The van der Waals surface area contributed by atoms with Crippen molar-refractivity contribution in [1.82, 2.24) is 4.98 Å². The number of fused-ring (bicyclic) bond motifs is 1. The summed E-state index contributed by atoms with van der Waals surface area (Å²) in [7, 11) is 0. The molecule has 0 saturated carbocycles. The minimum atomic E-state index is -0.510. The first-order valence-electron chi connectivity index (χ1n) is 6.69. The van der Waals surface area contributed by atoms with Crippen LogP contribution < -0.4 is 4.74 Å². The summed E-state index contributed by atoms with van der Waals surface area (Å²) in [5.41, 5.74) is 2.71. The fourth-order valence-corrected chi connectivity index (χ4v) is 2.07. The van der Waals surface area contributed by atoms with E-state index in [9.17, 15) is 5.11 Å². The van der Waals surface area contributed by atoms with Gasteiger partial charge in [0.1, 0.15) is 5.75 Å². The molecule has 0 fully saturated rings. The molecule has 1 aromatic carbocycles. The topological polar surface area (TPSA) is 42.4 Å². The molecule has 1 heterocycles. The molecule has 102 valence electrons. The quantitative estimate of drug-likeness (QED) is 0.911. The Labute approximate surface area is 114 Å². The first-order chi connectivity index (χ1) is 8.97. The first-order valence-corrected chi connectivity index (χ1v) is 6.69. The molecule has 1 unspecified atom stereocenters. The van der Waals surface area contributed by atoms with E-state index in [1.807, 2.05) is 31.2 Å². The summed E-state index contributed by atoms with van der Waals surface area (Å²) >= 11 is 0. The molecule has 0 aliphatic carbocycles. The van der Waals surface area contributed by atoms with Crippen molar-refractivity contribution >= 4 is 10.9 Å². The Morgan fingerprint density at radius 1 is 1.21 bits per heavy atom. The van der Waals surface area contributed by atoms with Gasteiger partial charge in [-0.2, -0.15) is 0 Å². The predicted octanol–water partition coefficient (Wildman–Crippen LogP) is 3.63. The minimum Gasteiger partial charge on any atom is -0.493 e. The number of nitrogens with zero attached hydrogens (tertiary/aromatic N) is 1. The third-order valence-electron chi connectivity index (χ3n) is 2.97. The van der Waals surface area contributed by atoms with Gasteiger partial charge in [0.25, 0.3) is 0 Å². The van der Waals surface area contributed by atoms with Crippen molar-refractivity contribution in [2.75, 3.05) is 6.61 Å². The molecule has 2 aromatic rings. The summed E-state index contributed by atoms with van der Waals surface area (Å²) in [6.45, 7) is 8.64. The second-order valence-electron chi connectivity index (χ2n) is 5.41. The van der Waals surface area contributed by atoms with Crippen molar-refractivity contribution in [3.05, 3.63) is 35.5 Å². The lowest BCUT2D eigenvalue weighted by atomic mass is 10.0. The first kappa shape index (κ1) is 13.8. The van der Waals surface area contributed by atoms with Gasteiger partial charge in [-0.3, -0.25) is 4.98 Å². The van der Waals surface area contributed by atoms with Crippen LogP contribution in [-0.4, -0.2) is 16.7 Å². The van der Waals surface area contributed by atoms with E-state index < -0.39 is 6.10 Å². The SMILES string of the molecule is Cc1cc(C(C)O)c2cc(OCC(C)C)ccc2n1. The average Bonchev–Trinajstić information content (AvgIpc) is 2.35. The van der Waals surface area contributed by atoms with Crippen molar-refractivity contribution in [2.45, 2.75) is 33.8 Å². The number of ether oxygens (including phenoxy) is 1. The molecule has 1 atom stereocenters. The molecule has 0 saturated heterocycles. The number of benzene rings is 1. The van der Waals surface area contributed by atoms with Crippen molar-refractivity contribution in [3.63, 3.8) is 0 Å². The number of hydrogen-bond acceptors (Lipinski definition) is 3. The highest BCUT2D eigenvalue weighted by Crippen LogP contribution is 2.27. The number of hydrogen-bond donors (Lipinski definition) is 1. The predicted molar refractivity (Wildman–Crippen MR) is 77.4 cm³/mol. The second kappa shape index (κ2) is 5.57. The lowest BCUT2D eigenvalue weighted by Crippen LogP contribution is -2.04. The summed E-state index contributed by atoms with van der Waals surface area (Å²) < 4.78 is 5.73. The van der Waals surface area contributed by atoms with E-state index in [2.05, 4.69) is 18.8 Å². The summed E-state index contributed by atoms with van der Waals surface area (Å²) in [4.78, 5) is 4.49. The van der Waals surface area contributed by atoms with Gasteiger partial charge in [0, 0.05) is 11.1 Å². The van der Waals surface area contributed by atoms with Crippen LogP contribution >= 0.6 is 0 Å². The average molecular weight is 259 g/mol. The van der Waals surface area contributed by atoms with Crippen molar-refractivity contribution in [1.29, 1.82) is 0 Å². The standard InChI is InChI=1S/C16H21NO2/c1-10(2)9-19-13-5-6-16-15(8-13)14(12(4)18)7-11(3)17-16/h5-8,10,12,18H,9H2,1-4H3. The van der Waals surface area contributed by atoms with Gasteiger partial charge >= 0.3 is 0 Å². The zero-order valence-corrected chi connectivity index (χ0v) is 12.0. The summed E-state index contributed by atoms with van der Waals surface area (Å²) in [6.07, 6.45) is -0.510. The smallest absolute Gasteiger partial charge is 0.120 e. The maximum atomic E-state index is 9.89. The largest absolute Gasteiger partial charge is 0.493 e. The fourth-order valence-electron chi connectivity index (χ4n) is 2.07. The Hall–Kier alpha value is -1.61. The molecule has 0 aliphatic rings. The number of aryl methyl sites for hydroxylation is 1. The molecule has 1 N–H and O–H groups in total. The summed E-state index contributed by atoms with van der Waals surface area (Å²) in [5.74, 6) is 1.32. The van der Waals surface area contributed by atoms with Gasteiger partial charge in [0.05, 0.1) is 18.2 Å². The van der Waals surface area contributed by atoms with Gasteiger partial charge in [-0.25, -0.2) is 0 Å². The van der Waals surface area contributed by atoms with E-state index in [0.29, 0.717) is 12.5 Å². The summed E-state index contributed by atoms with van der Waals surface area (Å²) in [6, 6.07) is 7.78. The Morgan fingerprint density at radius 3 is 2.58 bits per heavy atom. The van der Waals surface area contributed by atoms with Crippen LogP contribution in [0.4, 0.5) is 0 Å². The zero-order valence-electron chi connectivity index (χ0n) is 12.0. The van der Waals surface area contributed by atoms with Crippen LogP contribution in [0.2, 0.25) is 0 Å². The highest BCUT2D eigenvalue weighted by atomic mass is 16.5. The van der Waals surface area contributed by atoms with Gasteiger partial charge in [0.2, 0.25) is 0 Å². The molecule has 19 heavy (non-hydrogen) atoms. The number of pyridine rings is 1. The van der Waals surface area contributed by atoms with Gasteiger partial charge in [0.15, 0.2) is 0 Å². The molecule has 3 heteroatoms. The van der Waals surface area contributed by atoms with E-state index in [1.54, 1.807) is 6.92 Å². The van der Waals surface area contributed by atoms with Crippen LogP contribution in [0.1, 0.15) is 38.1 Å². The van der Waals surface area contributed by atoms with E-state index in [4.69, 9.17) is 4.74 Å². The molecule has 0 bridgehead atoms. The molecular formula is C16H21NO2. The number of rotatable bonds is 4. The van der Waals surface area contributed by atoms with Gasteiger partial charge in [-0.15, -0.1) is 0 Å². The van der Waals surface area contributed by atoms with E-state index in [-0.39, 0.29) is 0 Å². The summed E-state index contributed by atoms with van der Waals surface area (Å²) in [5, 5.41) is 10.8. The maximum Gasteiger partial charge on any atom is 0.120 e. The molecule has 2 rings (SSSR count). The molecule has 0 amide bonds. The second-order valence-corrected chi connectivity index (χ2v) is 5.41. The minimum absolute atomic E-state index is 0.489. The van der Waals surface area contributed by atoms with Crippen LogP contribution in [0.15, 0.2) is 24.3 Å². The third-order valence-corrected chi connectivity index (χ3v) is 2.97. The third kappa shape index (κ3) is 3.24. The Bertz CT molecular complexity index is 576. The fraction of sp³-hybridized carbons (Fsp3) is 0.438. The highest BCUT2D eigenvalue weighted by Gasteiger charge is 2.10. The van der Waals surface area contributed by atoms with Crippen LogP contribution in [0.5, 0.6) is 5.75 Å². The molecule has 3 nitrogen and oxygen atoms in total. The Kier molecular flexibility index (Phi) is 4.05.